The summed E-state index contributed by atoms with van der Waals surface area (Å²) in [5.74, 6) is 2.29. The van der Waals surface area contributed by atoms with E-state index in [0.717, 1.165) is 38.7 Å². The van der Waals surface area contributed by atoms with Crippen LogP contribution < -0.4 is 5.32 Å². The van der Waals surface area contributed by atoms with Crippen LogP contribution in [0, 0.1) is 5.92 Å². The lowest BCUT2D eigenvalue weighted by Crippen LogP contribution is -2.40. The van der Waals surface area contributed by atoms with Crippen LogP contribution in [0.1, 0.15) is 43.2 Å². The Morgan fingerprint density at radius 3 is 3.04 bits per heavy atom. The molecule has 2 aliphatic rings. The Morgan fingerprint density at radius 1 is 1.33 bits per heavy atom. The first-order valence-corrected chi connectivity index (χ1v) is 9.41. The van der Waals surface area contributed by atoms with Crippen LogP contribution in [0.4, 0.5) is 0 Å². The molecule has 2 unspecified atom stereocenters. The number of fused-ring (bicyclic) bond motifs is 1. The summed E-state index contributed by atoms with van der Waals surface area (Å²) in [6.07, 6.45) is 4.96. The van der Waals surface area contributed by atoms with Crippen molar-refractivity contribution in [3.63, 3.8) is 0 Å². The van der Waals surface area contributed by atoms with E-state index in [9.17, 15) is 0 Å². The molecule has 0 aromatic heterocycles. The molecule has 0 bridgehead atoms. The third kappa shape index (κ3) is 4.10. The van der Waals surface area contributed by atoms with Gasteiger partial charge in [0.1, 0.15) is 0 Å². The van der Waals surface area contributed by atoms with Crippen LogP contribution in [-0.4, -0.2) is 50.8 Å². The SMILES string of the molecule is CCNC(=NCC1CCCc2ccccc21)N1CCC(COC)C1. The van der Waals surface area contributed by atoms with Gasteiger partial charge in [-0.25, -0.2) is 0 Å². The molecular weight excluding hydrogens is 298 g/mol. The standard InChI is InChI=1S/C20H31N3O/c1-3-21-20(23-12-11-16(14-23)15-24-2)22-13-18-9-6-8-17-7-4-5-10-19(17)18/h4-5,7,10,16,18H,3,6,8-9,11-15H2,1-2H3,(H,21,22). The van der Waals surface area contributed by atoms with Gasteiger partial charge in [0.05, 0.1) is 6.61 Å². The van der Waals surface area contributed by atoms with E-state index >= 15 is 0 Å². The number of nitrogens with zero attached hydrogens (tertiary/aromatic N) is 2. The number of benzene rings is 1. The number of rotatable bonds is 5. The summed E-state index contributed by atoms with van der Waals surface area (Å²) in [4.78, 5) is 7.41. The summed E-state index contributed by atoms with van der Waals surface area (Å²) in [5, 5.41) is 3.49. The molecule has 4 nitrogen and oxygen atoms in total. The van der Waals surface area contributed by atoms with E-state index in [4.69, 9.17) is 9.73 Å². The lowest BCUT2D eigenvalue weighted by Gasteiger charge is -2.26. The molecule has 1 aliphatic carbocycles. The lowest BCUT2D eigenvalue weighted by molar-refractivity contribution is 0.157. The second-order valence-corrected chi connectivity index (χ2v) is 7.04. The maximum absolute atomic E-state index is 5.32. The van der Waals surface area contributed by atoms with Gasteiger partial charge in [-0.15, -0.1) is 0 Å². The van der Waals surface area contributed by atoms with Crippen LogP contribution in [0.5, 0.6) is 0 Å². The van der Waals surface area contributed by atoms with Gasteiger partial charge in [0.15, 0.2) is 5.96 Å². The molecule has 1 aliphatic heterocycles. The smallest absolute Gasteiger partial charge is 0.193 e. The van der Waals surface area contributed by atoms with E-state index in [-0.39, 0.29) is 0 Å². The molecule has 0 radical (unpaired) electrons. The minimum atomic E-state index is 0.570. The first-order chi connectivity index (χ1) is 11.8. The van der Waals surface area contributed by atoms with E-state index in [0.29, 0.717) is 11.8 Å². The van der Waals surface area contributed by atoms with Crippen LogP contribution in [0.15, 0.2) is 29.3 Å². The second-order valence-electron chi connectivity index (χ2n) is 7.04. The number of hydrogen-bond acceptors (Lipinski definition) is 2. The van der Waals surface area contributed by atoms with Crippen molar-refractivity contribution in [2.24, 2.45) is 10.9 Å². The fourth-order valence-electron chi connectivity index (χ4n) is 4.06. The third-order valence-corrected chi connectivity index (χ3v) is 5.28. The van der Waals surface area contributed by atoms with Gasteiger partial charge in [-0.3, -0.25) is 4.99 Å². The van der Waals surface area contributed by atoms with Crippen LogP contribution in [0.25, 0.3) is 0 Å². The summed E-state index contributed by atoms with van der Waals surface area (Å²) in [6, 6.07) is 8.91. The Hall–Kier alpha value is -1.55. The molecule has 0 spiro atoms. The van der Waals surface area contributed by atoms with Crippen LogP contribution in [-0.2, 0) is 11.2 Å². The van der Waals surface area contributed by atoms with E-state index in [1.54, 1.807) is 7.11 Å². The van der Waals surface area contributed by atoms with Gasteiger partial charge in [0, 0.05) is 45.1 Å². The molecule has 2 atom stereocenters. The van der Waals surface area contributed by atoms with Crippen molar-refractivity contribution in [1.82, 2.24) is 10.2 Å². The van der Waals surface area contributed by atoms with E-state index in [2.05, 4.69) is 41.4 Å². The second kappa shape index (κ2) is 8.52. The first kappa shape index (κ1) is 17.3. The van der Waals surface area contributed by atoms with Crippen molar-refractivity contribution < 1.29 is 4.74 Å². The molecule has 0 saturated carbocycles. The van der Waals surface area contributed by atoms with E-state index < -0.39 is 0 Å². The molecule has 24 heavy (non-hydrogen) atoms. The zero-order chi connectivity index (χ0) is 16.8. The minimum Gasteiger partial charge on any atom is -0.384 e. The van der Waals surface area contributed by atoms with Crippen molar-refractivity contribution in [3.8, 4) is 0 Å². The quantitative estimate of drug-likeness (QED) is 0.666. The van der Waals surface area contributed by atoms with Crippen molar-refractivity contribution in [1.29, 1.82) is 0 Å². The Labute approximate surface area is 146 Å². The monoisotopic (exact) mass is 329 g/mol. The van der Waals surface area contributed by atoms with E-state index in [1.807, 2.05) is 0 Å². The van der Waals surface area contributed by atoms with Crippen molar-refractivity contribution in [2.45, 2.75) is 38.5 Å². The predicted octanol–water partition coefficient (Wildman–Crippen LogP) is 3.04. The number of aryl methyl sites for hydroxylation is 1. The molecule has 4 heteroatoms. The summed E-state index contributed by atoms with van der Waals surface area (Å²) < 4.78 is 5.32. The first-order valence-electron chi connectivity index (χ1n) is 9.41. The highest BCUT2D eigenvalue weighted by Crippen LogP contribution is 2.31. The summed E-state index contributed by atoms with van der Waals surface area (Å²) in [6.45, 7) is 6.96. The molecule has 1 fully saturated rings. The molecule has 0 amide bonds. The molecule has 132 valence electrons. The highest BCUT2D eigenvalue weighted by atomic mass is 16.5. The fraction of sp³-hybridized carbons (Fsp3) is 0.650. The largest absolute Gasteiger partial charge is 0.384 e. The molecule has 1 aromatic carbocycles. The predicted molar refractivity (Wildman–Crippen MR) is 99.7 cm³/mol. The van der Waals surface area contributed by atoms with Crippen molar-refractivity contribution in [2.75, 3.05) is 39.9 Å². The number of ether oxygens (including phenoxy) is 1. The van der Waals surface area contributed by atoms with Crippen molar-refractivity contribution >= 4 is 5.96 Å². The summed E-state index contributed by atoms with van der Waals surface area (Å²) in [7, 11) is 1.79. The summed E-state index contributed by atoms with van der Waals surface area (Å²) >= 11 is 0. The fourth-order valence-corrected chi connectivity index (χ4v) is 4.06. The van der Waals surface area contributed by atoms with Gasteiger partial charge < -0.3 is 15.0 Å². The number of nitrogens with one attached hydrogen (secondary N) is 1. The number of likely N-dealkylation sites (tertiary alicyclic amines) is 1. The number of methoxy groups -OCH3 is 1. The van der Waals surface area contributed by atoms with Gasteiger partial charge >= 0.3 is 0 Å². The Morgan fingerprint density at radius 2 is 2.21 bits per heavy atom. The third-order valence-electron chi connectivity index (χ3n) is 5.28. The molecule has 1 N–H and O–H groups in total. The average molecular weight is 329 g/mol. The van der Waals surface area contributed by atoms with Crippen molar-refractivity contribution in [3.05, 3.63) is 35.4 Å². The van der Waals surface area contributed by atoms with Gasteiger partial charge in [-0.2, -0.15) is 0 Å². The van der Waals surface area contributed by atoms with Gasteiger partial charge in [0.2, 0.25) is 0 Å². The molecular formula is C20H31N3O. The topological polar surface area (TPSA) is 36.9 Å². The maximum Gasteiger partial charge on any atom is 0.193 e. The normalized spacial score (nSPS) is 24.1. The van der Waals surface area contributed by atoms with Crippen LogP contribution in [0.2, 0.25) is 0 Å². The van der Waals surface area contributed by atoms with Gasteiger partial charge in [-0.1, -0.05) is 24.3 Å². The average Bonchev–Trinajstić information content (AvgIpc) is 3.07. The molecule has 1 saturated heterocycles. The van der Waals surface area contributed by atoms with Crippen LogP contribution >= 0.6 is 0 Å². The van der Waals surface area contributed by atoms with Crippen LogP contribution in [0.3, 0.4) is 0 Å². The zero-order valence-corrected chi connectivity index (χ0v) is 15.1. The Bertz CT molecular complexity index is 558. The van der Waals surface area contributed by atoms with Gasteiger partial charge in [0.25, 0.3) is 0 Å². The lowest BCUT2D eigenvalue weighted by atomic mass is 9.83. The van der Waals surface area contributed by atoms with E-state index in [1.165, 1.54) is 36.8 Å². The zero-order valence-electron chi connectivity index (χ0n) is 15.1. The Balaban J connectivity index is 1.67. The number of guanidine groups is 1. The minimum absolute atomic E-state index is 0.570. The number of aliphatic imine (C=N–C) groups is 1. The highest BCUT2D eigenvalue weighted by molar-refractivity contribution is 5.80. The molecule has 1 heterocycles. The highest BCUT2D eigenvalue weighted by Gasteiger charge is 2.25. The number of hydrogen-bond donors (Lipinski definition) is 1. The Kier molecular flexibility index (Phi) is 6.13. The van der Waals surface area contributed by atoms with Gasteiger partial charge in [-0.05, 0) is 43.7 Å². The molecule has 3 rings (SSSR count). The summed E-state index contributed by atoms with van der Waals surface area (Å²) in [5.41, 5.74) is 3.04. The molecule has 1 aromatic rings. The maximum atomic E-state index is 5.32.